The first-order valence-corrected chi connectivity index (χ1v) is 9.35. The highest BCUT2D eigenvalue weighted by molar-refractivity contribution is 7.89. The number of esters is 1. The van der Waals surface area contributed by atoms with E-state index in [1.165, 1.54) is 21.3 Å². The van der Waals surface area contributed by atoms with Crippen LogP contribution in [-0.4, -0.2) is 35.7 Å². The molecule has 146 valence electrons. The Morgan fingerprint density at radius 2 is 1.67 bits per heavy atom. The molecule has 27 heavy (non-hydrogen) atoms. The van der Waals surface area contributed by atoms with E-state index in [-0.39, 0.29) is 11.3 Å². The van der Waals surface area contributed by atoms with Gasteiger partial charge in [0.15, 0.2) is 11.5 Å². The number of nitrogens with one attached hydrogen (secondary N) is 1. The molecule has 0 saturated carbocycles. The van der Waals surface area contributed by atoms with Crippen LogP contribution in [0.3, 0.4) is 0 Å². The Hall–Kier alpha value is -2.65. The third kappa shape index (κ3) is 5.18. The Morgan fingerprint density at radius 3 is 2.22 bits per heavy atom. The fourth-order valence-electron chi connectivity index (χ4n) is 2.42. The second-order valence-corrected chi connectivity index (χ2v) is 7.24. The monoisotopic (exact) mass is 397 g/mol. The molecule has 0 radical (unpaired) electrons. The molecule has 0 fully saturated rings. The number of carbonyl (C=O) groups is 1. The highest BCUT2D eigenvalue weighted by Crippen LogP contribution is 2.31. The van der Waals surface area contributed by atoms with Crippen LogP contribution in [0.25, 0.3) is 0 Å². The van der Waals surface area contributed by atoms with Crippen molar-refractivity contribution in [3.05, 3.63) is 53.8 Å². The van der Waals surface area contributed by atoms with Crippen molar-refractivity contribution in [1.82, 2.24) is 4.72 Å². The Morgan fingerprint density at radius 1 is 1.04 bits per heavy atom. The zero-order valence-electron chi connectivity index (χ0n) is 15.1. The summed E-state index contributed by atoms with van der Waals surface area (Å²) in [7, 11) is 0.118. The van der Waals surface area contributed by atoms with Gasteiger partial charge >= 0.3 is 5.97 Å². The van der Waals surface area contributed by atoms with Crippen LogP contribution in [0.1, 0.15) is 18.0 Å². The molecular weight excluding hydrogens is 377 g/mol. The van der Waals surface area contributed by atoms with Crippen molar-refractivity contribution in [3.63, 3.8) is 0 Å². The number of hydrogen-bond donors (Lipinski definition) is 1. The van der Waals surface area contributed by atoms with Crippen molar-refractivity contribution in [2.75, 3.05) is 21.3 Å². The molecule has 0 spiro atoms. The molecule has 0 aromatic heterocycles. The number of rotatable bonds is 8. The normalized spacial score (nSPS) is 12.3. The van der Waals surface area contributed by atoms with Gasteiger partial charge in [-0.2, -0.15) is 0 Å². The van der Waals surface area contributed by atoms with Crippen LogP contribution in [0.5, 0.6) is 11.5 Å². The van der Waals surface area contributed by atoms with Crippen LogP contribution < -0.4 is 14.2 Å². The minimum atomic E-state index is -4.01. The molecule has 0 bridgehead atoms. The minimum Gasteiger partial charge on any atom is -0.493 e. The molecule has 0 heterocycles. The molecule has 9 heteroatoms. The maximum Gasteiger partial charge on any atom is 0.307 e. The smallest absolute Gasteiger partial charge is 0.307 e. The van der Waals surface area contributed by atoms with Crippen LogP contribution in [-0.2, 0) is 19.6 Å². The largest absolute Gasteiger partial charge is 0.493 e. The molecule has 0 amide bonds. The van der Waals surface area contributed by atoms with Gasteiger partial charge in [0.2, 0.25) is 10.0 Å². The van der Waals surface area contributed by atoms with Crippen LogP contribution in [0, 0.1) is 5.82 Å². The predicted molar refractivity (Wildman–Crippen MR) is 95.6 cm³/mol. The molecule has 2 rings (SSSR count). The molecule has 1 unspecified atom stereocenters. The third-order valence-electron chi connectivity index (χ3n) is 3.83. The van der Waals surface area contributed by atoms with E-state index in [0.717, 1.165) is 24.3 Å². The van der Waals surface area contributed by atoms with Gasteiger partial charge in [0.1, 0.15) is 5.82 Å². The Labute approximate surface area is 157 Å². The number of benzene rings is 2. The average molecular weight is 397 g/mol. The molecule has 0 aliphatic heterocycles. The SMILES string of the molecule is COC(=O)CC(NS(=O)(=O)c1ccc(F)cc1)c1ccc(OC)c(OC)c1. The van der Waals surface area contributed by atoms with Gasteiger partial charge in [-0.05, 0) is 42.0 Å². The zero-order valence-corrected chi connectivity index (χ0v) is 15.9. The Bertz CT molecular complexity index is 899. The van der Waals surface area contributed by atoms with Crippen molar-refractivity contribution in [2.45, 2.75) is 17.4 Å². The van der Waals surface area contributed by atoms with Gasteiger partial charge < -0.3 is 14.2 Å². The van der Waals surface area contributed by atoms with E-state index in [4.69, 9.17) is 9.47 Å². The van der Waals surface area contributed by atoms with E-state index in [2.05, 4.69) is 9.46 Å². The maximum atomic E-state index is 13.1. The first kappa shape index (κ1) is 20.7. The number of sulfonamides is 1. The summed E-state index contributed by atoms with van der Waals surface area (Å²) in [6, 6.07) is 8.22. The zero-order chi connectivity index (χ0) is 20.0. The maximum absolute atomic E-state index is 13.1. The van der Waals surface area contributed by atoms with E-state index in [1.54, 1.807) is 18.2 Å². The van der Waals surface area contributed by atoms with Crippen LogP contribution in [0.15, 0.2) is 47.4 Å². The lowest BCUT2D eigenvalue weighted by atomic mass is 10.0. The fraction of sp³-hybridized carbons (Fsp3) is 0.278. The van der Waals surface area contributed by atoms with E-state index < -0.39 is 27.9 Å². The summed E-state index contributed by atoms with van der Waals surface area (Å²) in [5, 5.41) is 0. The van der Waals surface area contributed by atoms with Crippen molar-refractivity contribution in [3.8, 4) is 11.5 Å². The summed E-state index contributed by atoms with van der Waals surface area (Å²) in [5.41, 5.74) is 0.476. The van der Waals surface area contributed by atoms with E-state index >= 15 is 0 Å². The lowest BCUT2D eigenvalue weighted by Gasteiger charge is -2.19. The molecule has 1 atom stereocenters. The number of carbonyl (C=O) groups excluding carboxylic acids is 1. The lowest BCUT2D eigenvalue weighted by molar-refractivity contribution is -0.141. The van der Waals surface area contributed by atoms with E-state index in [9.17, 15) is 17.6 Å². The molecule has 0 aliphatic rings. The lowest BCUT2D eigenvalue weighted by Crippen LogP contribution is -2.30. The molecule has 7 nitrogen and oxygen atoms in total. The van der Waals surface area contributed by atoms with Crippen LogP contribution >= 0.6 is 0 Å². The highest BCUT2D eigenvalue weighted by atomic mass is 32.2. The first-order valence-electron chi connectivity index (χ1n) is 7.87. The second-order valence-electron chi connectivity index (χ2n) is 5.52. The fourth-order valence-corrected chi connectivity index (χ4v) is 3.64. The molecular formula is C18H20FNO6S. The number of halogens is 1. The van der Waals surface area contributed by atoms with Gasteiger partial charge in [-0.3, -0.25) is 4.79 Å². The minimum absolute atomic E-state index is 0.126. The van der Waals surface area contributed by atoms with Gasteiger partial charge in [-0.15, -0.1) is 0 Å². The van der Waals surface area contributed by atoms with Gasteiger partial charge in [0.05, 0.1) is 38.7 Å². The van der Waals surface area contributed by atoms with Gasteiger partial charge in [-0.25, -0.2) is 17.5 Å². The summed E-state index contributed by atoms with van der Waals surface area (Å²) in [5.74, 6) is -0.318. The molecule has 2 aromatic carbocycles. The number of ether oxygens (including phenoxy) is 3. The van der Waals surface area contributed by atoms with Crippen LogP contribution in [0.2, 0.25) is 0 Å². The van der Waals surface area contributed by atoms with Crippen molar-refractivity contribution < 1.29 is 31.8 Å². The highest BCUT2D eigenvalue weighted by Gasteiger charge is 2.25. The van der Waals surface area contributed by atoms with Gasteiger partial charge in [0, 0.05) is 0 Å². The van der Waals surface area contributed by atoms with Crippen molar-refractivity contribution >= 4 is 16.0 Å². The summed E-state index contributed by atoms with van der Waals surface area (Å²) in [6.07, 6.45) is -0.244. The second kappa shape index (κ2) is 8.83. The molecule has 0 aliphatic carbocycles. The Kier molecular flexibility index (Phi) is 6.75. The van der Waals surface area contributed by atoms with Crippen LogP contribution in [0.4, 0.5) is 4.39 Å². The Balaban J connectivity index is 2.40. The summed E-state index contributed by atoms with van der Waals surface area (Å²) in [6.45, 7) is 0. The van der Waals surface area contributed by atoms with Crippen molar-refractivity contribution in [2.24, 2.45) is 0 Å². The van der Waals surface area contributed by atoms with Crippen molar-refractivity contribution in [1.29, 1.82) is 0 Å². The summed E-state index contributed by atoms with van der Waals surface area (Å²) in [4.78, 5) is 11.7. The number of methoxy groups -OCH3 is 3. The van der Waals surface area contributed by atoms with Gasteiger partial charge in [-0.1, -0.05) is 6.07 Å². The number of hydrogen-bond acceptors (Lipinski definition) is 6. The molecule has 1 N–H and O–H groups in total. The quantitative estimate of drug-likeness (QED) is 0.688. The summed E-state index contributed by atoms with van der Waals surface area (Å²) < 4.78 is 55.8. The summed E-state index contributed by atoms with van der Waals surface area (Å²) >= 11 is 0. The van der Waals surface area contributed by atoms with E-state index in [0.29, 0.717) is 17.1 Å². The predicted octanol–water partition coefficient (Wildman–Crippen LogP) is 2.43. The van der Waals surface area contributed by atoms with E-state index in [1.807, 2.05) is 0 Å². The first-order chi connectivity index (χ1) is 12.8. The average Bonchev–Trinajstić information content (AvgIpc) is 2.66. The topological polar surface area (TPSA) is 90.9 Å². The standard InChI is InChI=1S/C18H20FNO6S/c1-24-16-9-4-12(10-17(16)25-2)15(11-18(21)26-3)20-27(22,23)14-7-5-13(19)6-8-14/h4-10,15,20H,11H2,1-3H3. The third-order valence-corrected chi connectivity index (χ3v) is 5.32. The van der Waals surface area contributed by atoms with Gasteiger partial charge in [0.25, 0.3) is 0 Å². The molecule has 2 aromatic rings. The molecule has 0 saturated heterocycles.